The van der Waals surface area contributed by atoms with Crippen LogP contribution in [0.5, 0.6) is 11.5 Å². The van der Waals surface area contributed by atoms with Crippen molar-refractivity contribution in [2.24, 2.45) is 0 Å². The van der Waals surface area contributed by atoms with E-state index in [1.807, 2.05) is 30.3 Å². The summed E-state index contributed by atoms with van der Waals surface area (Å²) >= 11 is 0. The molecule has 0 unspecified atom stereocenters. The topological polar surface area (TPSA) is 25.6 Å². The maximum Gasteiger partial charge on any atom is 0.143 e. The van der Waals surface area contributed by atoms with Crippen molar-refractivity contribution in [1.82, 2.24) is 0 Å². The van der Waals surface area contributed by atoms with E-state index in [-0.39, 0.29) is 0 Å². The molecule has 0 saturated carbocycles. The van der Waals surface area contributed by atoms with Crippen molar-refractivity contribution in [3.05, 3.63) is 212 Å². The Kier molecular flexibility index (Phi) is 7.82. The van der Waals surface area contributed by atoms with Crippen molar-refractivity contribution in [3.63, 3.8) is 0 Å². The number of rotatable bonds is 6. The number of fused-ring (bicyclic) bond motifs is 8. The number of nitrogens with zero attached hydrogens (tertiary/aromatic N) is 1. The molecule has 268 valence electrons. The normalized spacial score (nSPS) is 11.6. The van der Waals surface area contributed by atoms with Crippen LogP contribution in [0.15, 0.2) is 217 Å². The molecule has 3 nitrogen and oxygen atoms in total. The van der Waals surface area contributed by atoms with E-state index in [9.17, 15) is 0 Å². The van der Waals surface area contributed by atoms with Gasteiger partial charge in [0.2, 0.25) is 0 Å². The molecule has 11 rings (SSSR count). The molecule has 1 aliphatic heterocycles. The minimum atomic E-state index is 0.866. The molecule has 0 radical (unpaired) electrons. The number of benzene rings is 9. The van der Waals surface area contributed by atoms with Crippen molar-refractivity contribution in [2.75, 3.05) is 4.90 Å². The first kappa shape index (κ1) is 32.8. The summed E-state index contributed by atoms with van der Waals surface area (Å²) in [6.07, 6.45) is 0. The molecule has 1 aliphatic rings. The summed E-state index contributed by atoms with van der Waals surface area (Å²) in [7, 11) is 0. The molecule has 10 aromatic rings. The van der Waals surface area contributed by atoms with Crippen LogP contribution in [0.25, 0.3) is 77.6 Å². The second-order valence-corrected chi connectivity index (χ2v) is 14.5. The highest BCUT2D eigenvalue weighted by atomic mass is 16.5. The van der Waals surface area contributed by atoms with Gasteiger partial charge >= 0.3 is 0 Å². The first-order chi connectivity index (χ1) is 28.2. The second-order valence-electron chi connectivity index (χ2n) is 14.5. The fourth-order valence-electron chi connectivity index (χ4n) is 8.30. The Morgan fingerprint density at radius 2 is 0.789 bits per heavy atom. The van der Waals surface area contributed by atoms with Gasteiger partial charge in [-0.15, -0.1) is 0 Å². The van der Waals surface area contributed by atoms with Gasteiger partial charge in [-0.3, -0.25) is 0 Å². The average Bonchev–Trinajstić information content (AvgIpc) is 3.60. The van der Waals surface area contributed by atoms with E-state index in [1.54, 1.807) is 0 Å². The zero-order chi connectivity index (χ0) is 37.7. The molecule has 2 heterocycles. The van der Waals surface area contributed by atoms with Crippen LogP contribution in [0.4, 0.5) is 17.1 Å². The van der Waals surface area contributed by atoms with E-state index >= 15 is 0 Å². The molecule has 0 bridgehead atoms. The van der Waals surface area contributed by atoms with Gasteiger partial charge in [-0.2, -0.15) is 0 Å². The second kappa shape index (κ2) is 13.6. The maximum absolute atomic E-state index is 6.44. The fourth-order valence-corrected chi connectivity index (χ4v) is 8.30. The molecule has 0 aliphatic carbocycles. The predicted octanol–water partition coefficient (Wildman–Crippen LogP) is 15.5. The van der Waals surface area contributed by atoms with Gasteiger partial charge in [-0.05, 0) is 99.6 Å². The minimum Gasteiger partial charge on any atom is -0.456 e. The van der Waals surface area contributed by atoms with Gasteiger partial charge < -0.3 is 14.1 Å². The first-order valence-corrected chi connectivity index (χ1v) is 19.3. The molecule has 0 spiro atoms. The smallest absolute Gasteiger partial charge is 0.143 e. The Morgan fingerprint density at radius 1 is 0.298 bits per heavy atom. The summed E-state index contributed by atoms with van der Waals surface area (Å²) in [4.78, 5) is 2.33. The van der Waals surface area contributed by atoms with Crippen LogP contribution in [-0.2, 0) is 0 Å². The highest BCUT2D eigenvalue weighted by Crippen LogP contribution is 2.48. The zero-order valence-electron chi connectivity index (χ0n) is 31.0. The summed E-state index contributed by atoms with van der Waals surface area (Å²) in [6, 6.07) is 75.1. The Labute approximate surface area is 331 Å². The number of hydrogen-bond acceptors (Lipinski definition) is 3. The van der Waals surface area contributed by atoms with Gasteiger partial charge in [-0.25, -0.2) is 0 Å². The molecule has 0 saturated heterocycles. The Morgan fingerprint density at radius 3 is 1.47 bits per heavy atom. The monoisotopic (exact) mass is 729 g/mol. The van der Waals surface area contributed by atoms with E-state index in [0.717, 1.165) is 89.4 Å². The third-order valence-corrected chi connectivity index (χ3v) is 11.1. The number of furan rings is 1. The van der Waals surface area contributed by atoms with Crippen molar-refractivity contribution < 1.29 is 9.15 Å². The van der Waals surface area contributed by atoms with Crippen LogP contribution in [0.1, 0.15) is 0 Å². The molecule has 0 atom stereocenters. The van der Waals surface area contributed by atoms with Crippen LogP contribution >= 0.6 is 0 Å². The van der Waals surface area contributed by atoms with Crippen LogP contribution in [0.2, 0.25) is 0 Å². The first-order valence-electron chi connectivity index (χ1n) is 19.3. The van der Waals surface area contributed by atoms with E-state index in [1.165, 1.54) is 16.7 Å². The van der Waals surface area contributed by atoms with Gasteiger partial charge in [0, 0.05) is 44.5 Å². The van der Waals surface area contributed by atoms with Gasteiger partial charge in [0.05, 0.1) is 0 Å². The lowest BCUT2D eigenvalue weighted by molar-refractivity contribution is 0.488. The Hall–Kier alpha value is -7.62. The molecular formula is C54H35NO2. The van der Waals surface area contributed by atoms with Crippen molar-refractivity contribution >= 4 is 39.0 Å². The minimum absolute atomic E-state index is 0.866. The van der Waals surface area contributed by atoms with Crippen LogP contribution in [0.3, 0.4) is 0 Å². The highest BCUT2D eigenvalue weighted by molar-refractivity contribution is 6.09. The van der Waals surface area contributed by atoms with Gasteiger partial charge in [0.25, 0.3) is 0 Å². The number of para-hydroxylation sites is 4. The van der Waals surface area contributed by atoms with Crippen LogP contribution < -0.4 is 9.64 Å². The quantitative estimate of drug-likeness (QED) is 0.170. The molecular weight excluding hydrogens is 695 g/mol. The molecule has 1 aromatic heterocycles. The van der Waals surface area contributed by atoms with Gasteiger partial charge in [-0.1, -0.05) is 152 Å². The highest BCUT2D eigenvalue weighted by Gasteiger charge is 2.21. The predicted molar refractivity (Wildman–Crippen MR) is 236 cm³/mol. The summed E-state index contributed by atoms with van der Waals surface area (Å²) < 4.78 is 12.8. The third-order valence-electron chi connectivity index (χ3n) is 11.1. The SMILES string of the molecule is c1ccc(-c2ccc(N(c3ccc(-c4ccc5c(c4)-c4ccccc4Oc4ccccc4-5)cc3)c3ccc(-c4cccc5c4oc4ccccc45)cc3)cc2)cc1. The lowest BCUT2D eigenvalue weighted by Gasteiger charge is -2.26. The standard InChI is InChI=1S/C54H35NO2/c1-2-11-36(12-3-1)37-21-28-41(29-22-37)55(43-32-25-39(26-33-43)44-16-10-17-49-47-14-5-9-20-53(47)57-54(44)49)42-30-23-38(24-31-42)40-27-34-45-46-13-4-7-18-51(46)56-52-19-8-6-15-48(52)50(45)35-40/h1-35H. The molecule has 0 fully saturated rings. The summed E-state index contributed by atoms with van der Waals surface area (Å²) in [6.45, 7) is 0. The number of anilines is 3. The lowest BCUT2D eigenvalue weighted by atomic mass is 9.91. The zero-order valence-corrected chi connectivity index (χ0v) is 31.0. The summed E-state index contributed by atoms with van der Waals surface area (Å²) in [5.41, 5.74) is 16.4. The number of ether oxygens (including phenoxy) is 1. The van der Waals surface area contributed by atoms with Crippen LogP contribution in [-0.4, -0.2) is 0 Å². The molecule has 9 aromatic carbocycles. The van der Waals surface area contributed by atoms with Crippen LogP contribution in [0, 0.1) is 0 Å². The van der Waals surface area contributed by atoms with Crippen molar-refractivity contribution in [3.8, 4) is 67.1 Å². The summed E-state index contributed by atoms with van der Waals surface area (Å²) in [5, 5.41) is 2.26. The Bertz CT molecular complexity index is 3070. The molecule has 0 N–H and O–H groups in total. The van der Waals surface area contributed by atoms with Gasteiger partial charge in [0.15, 0.2) is 0 Å². The summed E-state index contributed by atoms with van der Waals surface area (Å²) in [5.74, 6) is 1.74. The maximum atomic E-state index is 6.44. The van der Waals surface area contributed by atoms with E-state index in [0.29, 0.717) is 0 Å². The molecule has 57 heavy (non-hydrogen) atoms. The third kappa shape index (κ3) is 5.76. The number of hydrogen-bond donors (Lipinski definition) is 0. The van der Waals surface area contributed by atoms with E-state index < -0.39 is 0 Å². The molecule has 3 heteroatoms. The van der Waals surface area contributed by atoms with Crippen molar-refractivity contribution in [2.45, 2.75) is 0 Å². The fraction of sp³-hybridized carbons (Fsp3) is 0. The molecule has 0 amide bonds. The largest absolute Gasteiger partial charge is 0.456 e. The van der Waals surface area contributed by atoms with E-state index in [4.69, 9.17) is 9.15 Å². The van der Waals surface area contributed by atoms with E-state index in [2.05, 4.69) is 187 Å². The van der Waals surface area contributed by atoms with Gasteiger partial charge in [0.1, 0.15) is 22.7 Å². The van der Waals surface area contributed by atoms with Crippen molar-refractivity contribution in [1.29, 1.82) is 0 Å². The average molecular weight is 730 g/mol. The Balaban J connectivity index is 0.982. The lowest BCUT2D eigenvalue weighted by Crippen LogP contribution is -2.09.